The van der Waals surface area contributed by atoms with Gasteiger partial charge in [0.05, 0.1) is 0 Å². The van der Waals surface area contributed by atoms with Crippen molar-refractivity contribution < 1.29 is 9.59 Å². The first-order chi connectivity index (χ1) is 13.9. The first kappa shape index (κ1) is 21.5. The Morgan fingerprint density at radius 3 is 2.31 bits per heavy atom. The van der Waals surface area contributed by atoms with Gasteiger partial charge in [-0.25, -0.2) is 0 Å². The van der Waals surface area contributed by atoms with E-state index in [1.165, 1.54) is 6.92 Å². The lowest BCUT2D eigenvalue weighted by Crippen LogP contribution is -2.47. The van der Waals surface area contributed by atoms with Crippen molar-refractivity contribution in [1.82, 2.24) is 9.80 Å². The summed E-state index contributed by atoms with van der Waals surface area (Å²) in [5, 5.41) is 3.72. The molecule has 0 bridgehead atoms. The summed E-state index contributed by atoms with van der Waals surface area (Å²) in [6.07, 6.45) is 0.453. The molecule has 1 saturated heterocycles. The summed E-state index contributed by atoms with van der Waals surface area (Å²) < 4.78 is 0. The lowest BCUT2D eigenvalue weighted by atomic mass is 10.1. The van der Waals surface area contributed by atoms with Crippen molar-refractivity contribution in [3.8, 4) is 0 Å². The molecular formula is C23H28ClN3O2. The number of Topliss-reactive ketones (excluding diaryl/α,β-unsaturated/α-hetero) is 1. The van der Waals surface area contributed by atoms with Gasteiger partial charge in [-0.3, -0.25) is 14.5 Å². The molecule has 2 aromatic rings. The Balaban J connectivity index is 1.42. The first-order valence-electron chi connectivity index (χ1n) is 10.1. The van der Waals surface area contributed by atoms with E-state index in [1.54, 1.807) is 24.3 Å². The maximum atomic E-state index is 12.2. The lowest BCUT2D eigenvalue weighted by Gasteiger charge is -2.38. The van der Waals surface area contributed by atoms with Crippen LogP contribution in [0.15, 0.2) is 48.5 Å². The Morgan fingerprint density at radius 1 is 1.03 bits per heavy atom. The summed E-state index contributed by atoms with van der Waals surface area (Å²) in [6.45, 7) is 8.27. The predicted octanol–water partition coefficient (Wildman–Crippen LogP) is 4.25. The van der Waals surface area contributed by atoms with E-state index in [4.69, 9.17) is 11.6 Å². The van der Waals surface area contributed by atoms with Crippen LogP contribution in [0.2, 0.25) is 5.02 Å². The molecule has 1 aliphatic heterocycles. The average molecular weight is 414 g/mol. The van der Waals surface area contributed by atoms with E-state index in [9.17, 15) is 9.59 Å². The Kier molecular flexibility index (Phi) is 7.42. The average Bonchev–Trinajstić information content (AvgIpc) is 2.73. The summed E-state index contributed by atoms with van der Waals surface area (Å²) in [7, 11) is 0. The highest BCUT2D eigenvalue weighted by atomic mass is 35.5. The van der Waals surface area contributed by atoms with Gasteiger partial charge in [0.25, 0.3) is 0 Å². The number of carbonyl (C=O) groups is 2. The number of carbonyl (C=O) groups excluding carboxylic acids is 2. The van der Waals surface area contributed by atoms with Crippen LogP contribution >= 0.6 is 11.6 Å². The van der Waals surface area contributed by atoms with E-state index in [2.05, 4.69) is 28.1 Å². The molecule has 3 rings (SSSR count). The van der Waals surface area contributed by atoms with Crippen molar-refractivity contribution in [1.29, 1.82) is 0 Å². The minimum absolute atomic E-state index is 0.00700. The van der Waals surface area contributed by atoms with Gasteiger partial charge in [-0.15, -0.1) is 0 Å². The second-order valence-electron chi connectivity index (χ2n) is 7.51. The van der Waals surface area contributed by atoms with Gasteiger partial charge in [-0.1, -0.05) is 29.8 Å². The fourth-order valence-corrected chi connectivity index (χ4v) is 3.95. The molecular weight excluding hydrogens is 386 g/mol. The van der Waals surface area contributed by atoms with Crippen molar-refractivity contribution in [2.24, 2.45) is 0 Å². The zero-order chi connectivity index (χ0) is 20.8. The molecule has 1 N–H and O–H groups in total. The van der Waals surface area contributed by atoms with Gasteiger partial charge in [-0.05, 0) is 49.7 Å². The topological polar surface area (TPSA) is 52.7 Å². The standard InChI is InChI=1S/C23H28ClN3O2/c1-17(21-5-3-4-6-22(21)24)27-15-13-26(14-16-27)12-11-23(29)25-20-9-7-19(8-10-20)18(2)28/h3-10,17H,11-16H2,1-2H3,(H,25,29). The quantitative estimate of drug-likeness (QED) is 0.689. The molecule has 2 aromatic carbocycles. The van der Waals surface area contributed by atoms with Crippen molar-refractivity contribution in [3.05, 3.63) is 64.7 Å². The summed E-state index contributed by atoms with van der Waals surface area (Å²) in [4.78, 5) is 28.3. The Hall–Kier alpha value is -2.21. The molecule has 1 heterocycles. The normalized spacial score (nSPS) is 16.4. The number of anilines is 1. The van der Waals surface area contributed by atoms with Gasteiger partial charge in [0.15, 0.2) is 5.78 Å². The lowest BCUT2D eigenvalue weighted by molar-refractivity contribution is -0.116. The maximum absolute atomic E-state index is 12.2. The van der Waals surface area contributed by atoms with Crippen LogP contribution in [0.1, 0.15) is 42.2 Å². The third-order valence-electron chi connectivity index (χ3n) is 5.54. The van der Waals surface area contributed by atoms with Gasteiger partial charge in [0, 0.05) is 61.5 Å². The van der Waals surface area contributed by atoms with Crippen molar-refractivity contribution in [2.45, 2.75) is 26.3 Å². The molecule has 0 spiro atoms. The molecule has 1 atom stereocenters. The van der Waals surface area contributed by atoms with Crippen molar-refractivity contribution in [3.63, 3.8) is 0 Å². The Morgan fingerprint density at radius 2 is 1.69 bits per heavy atom. The van der Waals surface area contributed by atoms with Crippen LogP contribution < -0.4 is 5.32 Å². The highest BCUT2D eigenvalue weighted by Crippen LogP contribution is 2.27. The minimum Gasteiger partial charge on any atom is -0.326 e. The van der Waals surface area contributed by atoms with E-state index >= 15 is 0 Å². The molecule has 0 saturated carbocycles. The van der Waals surface area contributed by atoms with Gasteiger partial charge in [-0.2, -0.15) is 0 Å². The minimum atomic E-state index is -0.00700. The second-order valence-corrected chi connectivity index (χ2v) is 7.91. The van der Waals surface area contributed by atoms with Gasteiger partial charge in [0.1, 0.15) is 0 Å². The SMILES string of the molecule is CC(=O)c1ccc(NC(=O)CCN2CCN(C(C)c3ccccc3Cl)CC2)cc1. The fraction of sp³-hybridized carbons (Fsp3) is 0.391. The number of piperazine rings is 1. The van der Waals surface area contributed by atoms with Crippen molar-refractivity contribution >= 4 is 29.0 Å². The van der Waals surface area contributed by atoms with E-state index < -0.39 is 0 Å². The van der Waals surface area contributed by atoms with Crippen LogP contribution in [-0.2, 0) is 4.79 Å². The number of hydrogen-bond donors (Lipinski definition) is 1. The van der Waals surface area contributed by atoms with E-state index in [1.807, 2.05) is 18.2 Å². The highest BCUT2D eigenvalue weighted by molar-refractivity contribution is 6.31. The molecule has 0 aliphatic carbocycles. The van der Waals surface area contributed by atoms with Crippen LogP contribution in [-0.4, -0.2) is 54.2 Å². The molecule has 0 radical (unpaired) electrons. The Labute approximate surface area is 177 Å². The van der Waals surface area contributed by atoms with Crippen molar-refractivity contribution in [2.75, 3.05) is 38.0 Å². The van der Waals surface area contributed by atoms with E-state index in [0.29, 0.717) is 12.0 Å². The molecule has 0 aromatic heterocycles. The highest BCUT2D eigenvalue weighted by Gasteiger charge is 2.23. The van der Waals surface area contributed by atoms with Gasteiger partial charge >= 0.3 is 0 Å². The zero-order valence-corrected chi connectivity index (χ0v) is 17.8. The number of amides is 1. The largest absolute Gasteiger partial charge is 0.326 e. The molecule has 1 unspecified atom stereocenters. The smallest absolute Gasteiger partial charge is 0.225 e. The van der Waals surface area contributed by atoms with E-state index in [-0.39, 0.29) is 17.7 Å². The third kappa shape index (κ3) is 5.89. The molecule has 154 valence electrons. The van der Waals surface area contributed by atoms with Crippen LogP contribution in [0.5, 0.6) is 0 Å². The number of ketones is 1. The van der Waals surface area contributed by atoms with Crippen LogP contribution in [0.4, 0.5) is 5.69 Å². The van der Waals surface area contributed by atoms with Crippen LogP contribution in [0, 0.1) is 0 Å². The summed E-state index contributed by atoms with van der Waals surface area (Å²) in [6, 6.07) is 15.3. The number of benzene rings is 2. The van der Waals surface area contributed by atoms with Crippen LogP contribution in [0.25, 0.3) is 0 Å². The number of nitrogens with zero attached hydrogens (tertiary/aromatic N) is 2. The third-order valence-corrected chi connectivity index (χ3v) is 5.88. The first-order valence-corrected chi connectivity index (χ1v) is 10.4. The van der Waals surface area contributed by atoms with Crippen LogP contribution in [0.3, 0.4) is 0 Å². The summed E-state index contributed by atoms with van der Waals surface area (Å²) >= 11 is 6.34. The molecule has 29 heavy (non-hydrogen) atoms. The zero-order valence-electron chi connectivity index (χ0n) is 17.0. The Bertz CT molecular complexity index is 845. The molecule has 1 fully saturated rings. The number of nitrogens with one attached hydrogen (secondary N) is 1. The number of hydrogen-bond acceptors (Lipinski definition) is 4. The molecule has 6 heteroatoms. The summed E-state index contributed by atoms with van der Waals surface area (Å²) in [5.74, 6) is 0.0123. The van der Waals surface area contributed by atoms with Gasteiger partial charge < -0.3 is 10.2 Å². The maximum Gasteiger partial charge on any atom is 0.225 e. The monoisotopic (exact) mass is 413 g/mol. The molecule has 5 nitrogen and oxygen atoms in total. The second kappa shape index (κ2) is 10.0. The molecule has 1 aliphatic rings. The van der Waals surface area contributed by atoms with E-state index in [0.717, 1.165) is 49.0 Å². The number of rotatable bonds is 7. The fourth-order valence-electron chi connectivity index (χ4n) is 3.66. The number of halogens is 1. The summed E-state index contributed by atoms with van der Waals surface area (Å²) in [5.41, 5.74) is 2.53. The predicted molar refractivity (Wildman–Crippen MR) is 118 cm³/mol. The van der Waals surface area contributed by atoms with Gasteiger partial charge in [0.2, 0.25) is 5.91 Å². The molecule has 1 amide bonds.